The molecule has 0 radical (unpaired) electrons. The maximum Gasteiger partial charge on any atom is 0.460 e. The van der Waals surface area contributed by atoms with Gasteiger partial charge >= 0.3 is 107 Å². The largest absolute Gasteiger partial charge is 0.481 e. The van der Waals surface area contributed by atoms with Gasteiger partial charge in [0.25, 0.3) is 0 Å². The molecule has 0 rings (SSSR count). The van der Waals surface area contributed by atoms with Crippen LogP contribution in [0.15, 0.2) is 0 Å². The summed E-state index contributed by atoms with van der Waals surface area (Å²) in [7, 11) is 0. The number of carboxylic acids is 2. The highest BCUT2D eigenvalue weighted by molar-refractivity contribution is 5.80. The van der Waals surface area contributed by atoms with E-state index < -0.39 is 151 Å². The molecular formula is C24H13F34NO4. The first-order chi connectivity index (χ1) is 26.8. The second kappa shape index (κ2) is 16.1. The Kier molecular flexibility index (Phi) is 15.3. The Bertz CT molecular complexity index is 1540. The number of hydrogen-bond donors (Lipinski definition) is 2. The van der Waals surface area contributed by atoms with Crippen molar-refractivity contribution in [1.82, 2.24) is 4.90 Å². The predicted octanol–water partition coefficient (Wildman–Crippen LogP) is 11.0. The predicted molar refractivity (Wildman–Crippen MR) is 126 cm³/mol. The van der Waals surface area contributed by atoms with Crippen molar-refractivity contribution in [3.8, 4) is 0 Å². The Morgan fingerprint density at radius 2 is 0.524 bits per heavy atom. The molecule has 0 aromatic carbocycles. The topological polar surface area (TPSA) is 77.8 Å². The van der Waals surface area contributed by atoms with Crippen LogP contribution in [0.5, 0.6) is 0 Å². The molecule has 0 amide bonds. The van der Waals surface area contributed by atoms with E-state index in [1.165, 1.54) is 0 Å². The molecule has 39 heteroatoms. The van der Waals surface area contributed by atoms with E-state index in [1.54, 1.807) is 0 Å². The van der Waals surface area contributed by atoms with Gasteiger partial charge in [-0.3, -0.25) is 14.5 Å². The normalized spacial score (nSPS) is 16.7. The van der Waals surface area contributed by atoms with Gasteiger partial charge in [-0.25, -0.2) is 0 Å². The lowest BCUT2D eigenvalue weighted by Gasteiger charge is -2.43. The number of hydrogen-bond acceptors (Lipinski definition) is 3. The van der Waals surface area contributed by atoms with Gasteiger partial charge in [0.1, 0.15) is 6.04 Å². The first kappa shape index (κ1) is 59.5. The molecule has 0 bridgehead atoms. The molecule has 0 heterocycles. The van der Waals surface area contributed by atoms with E-state index in [2.05, 4.69) is 0 Å². The zero-order chi connectivity index (χ0) is 51.8. The molecule has 0 aliphatic heterocycles. The molecule has 5 nitrogen and oxygen atoms in total. The van der Waals surface area contributed by atoms with Crippen LogP contribution in [0.25, 0.3) is 0 Å². The summed E-state index contributed by atoms with van der Waals surface area (Å²) in [6, 6.07) is -3.76. The van der Waals surface area contributed by atoms with E-state index in [0.29, 0.717) is 0 Å². The molecule has 2 N–H and O–H groups in total. The Hall–Kier alpha value is -3.48. The van der Waals surface area contributed by atoms with Crippen molar-refractivity contribution in [2.24, 2.45) is 0 Å². The van der Waals surface area contributed by atoms with Gasteiger partial charge in [-0.05, 0) is 0 Å². The fraction of sp³-hybridized carbons (Fsp3) is 0.917. The van der Waals surface area contributed by atoms with Crippen molar-refractivity contribution >= 4 is 11.9 Å². The minimum atomic E-state index is -9.28. The van der Waals surface area contributed by atoms with Crippen LogP contribution in [-0.4, -0.2) is 141 Å². The van der Waals surface area contributed by atoms with E-state index >= 15 is 0 Å². The average Bonchev–Trinajstić information content (AvgIpc) is 3.04. The van der Waals surface area contributed by atoms with Crippen molar-refractivity contribution in [3.63, 3.8) is 0 Å². The number of alkyl halides is 34. The zero-order valence-corrected chi connectivity index (χ0v) is 28.1. The molecule has 0 unspecified atom stereocenters. The summed E-state index contributed by atoms with van der Waals surface area (Å²) in [5.74, 6) is -129. The summed E-state index contributed by atoms with van der Waals surface area (Å²) in [5.41, 5.74) is 0. The number of aliphatic carboxylic acids is 2. The maximum atomic E-state index is 14.4. The van der Waals surface area contributed by atoms with Gasteiger partial charge in [-0.2, -0.15) is 149 Å². The third kappa shape index (κ3) is 8.71. The Morgan fingerprint density at radius 1 is 0.333 bits per heavy atom. The summed E-state index contributed by atoms with van der Waals surface area (Å²) in [4.78, 5) is 20.9. The molecule has 0 fully saturated rings. The third-order valence-corrected chi connectivity index (χ3v) is 8.09. The highest BCUT2D eigenvalue weighted by Gasteiger charge is 2.97. The Balaban J connectivity index is 7.34. The molecular weight excluding hydrogens is 1010 g/mol. The Morgan fingerprint density at radius 3 is 0.698 bits per heavy atom. The van der Waals surface area contributed by atoms with Crippen LogP contribution < -0.4 is 0 Å². The summed E-state index contributed by atoms with van der Waals surface area (Å²) in [6.07, 6.45) is -26.8. The van der Waals surface area contributed by atoms with Gasteiger partial charge < -0.3 is 10.2 Å². The number of rotatable bonds is 22. The van der Waals surface area contributed by atoms with Gasteiger partial charge in [0, 0.05) is 25.9 Å². The molecule has 0 saturated carbocycles. The highest BCUT2D eigenvalue weighted by atomic mass is 19.4. The summed E-state index contributed by atoms with van der Waals surface area (Å²) < 4.78 is 460. The van der Waals surface area contributed by atoms with Crippen molar-refractivity contribution < 1.29 is 169 Å². The minimum Gasteiger partial charge on any atom is -0.481 e. The number of carbonyl (C=O) groups is 2. The van der Waals surface area contributed by atoms with Crippen LogP contribution in [-0.2, 0) is 9.59 Å². The summed E-state index contributed by atoms with van der Waals surface area (Å²) in [6.45, 7) is -6.48. The second-order valence-corrected chi connectivity index (χ2v) is 12.3. The van der Waals surface area contributed by atoms with E-state index in [9.17, 15) is 159 Å². The van der Waals surface area contributed by atoms with Crippen LogP contribution >= 0.6 is 0 Å². The summed E-state index contributed by atoms with van der Waals surface area (Å²) >= 11 is 0. The number of nitrogens with zero attached hydrogens (tertiary/aromatic N) is 1. The Labute approximate surface area is 320 Å². The number of halogens is 34. The van der Waals surface area contributed by atoms with E-state index in [4.69, 9.17) is 10.2 Å². The standard InChI is InChI=1S/C24H13F34NO4/c25-9(26,11(29,30)13(33,34)15(37,38)17(41,42)19(45,46)21(49,50)23(53,54)55)1-3-59(6(8(62)63)5-7(60)61)4-2-10(27,28)12(31,32)14(35,36)16(39,40)18(43,44)20(47,48)22(51,52)24(56,57)58/h6H,1-5H2,(H,60,61)(H,62,63)/t6-/m0/s1. The van der Waals surface area contributed by atoms with Crippen molar-refractivity contribution in [2.45, 2.75) is 121 Å². The van der Waals surface area contributed by atoms with Gasteiger partial charge in [-0.1, -0.05) is 0 Å². The molecule has 63 heavy (non-hydrogen) atoms. The molecule has 0 aliphatic carbocycles. The van der Waals surface area contributed by atoms with Crippen molar-refractivity contribution in [3.05, 3.63) is 0 Å². The highest BCUT2D eigenvalue weighted by Crippen LogP contribution is 2.66. The molecule has 0 aromatic rings. The summed E-state index contributed by atoms with van der Waals surface area (Å²) in [5, 5.41) is 17.7. The monoisotopic (exact) mass is 1030 g/mol. The minimum absolute atomic E-state index is 1.46. The maximum absolute atomic E-state index is 14.4. The third-order valence-electron chi connectivity index (χ3n) is 8.09. The molecule has 0 spiro atoms. The first-order valence-corrected chi connectivity index (χ1v) is 14.4. The molecule has 0 aliphatic rings. The molecule has 0 aromatic heterocycles. The van der Waals surface area contributed by atoms with Crippen molar-refractivity contribution in [1.29, 1.82) is 0 Å². The van der Waals surface area contributed by atoms with Crippen LogP contribution in [0.2, 0.25) is 0 Å². The van der Waals surface area contributed by atoms with Gasteiger partial charge in [-0.15, -0.1) is 0 Å². The fourth-order valence-electron chi connectivity index (χ4n) is 4.24. The van der Waals surface area contributed by atoms with Crippen molar-refractivity contribution in [2.75, 3.05) is 13.1 Å². The quantitative estimate of drug-likeness (QED) is 0.106. The van der Waals surface area contributed by atoms with Gasteiger partial charge in [0.05, 0.1) is 6.42 Å². The lowest BCUT2D eigenvalue weighted by Crippen LogP contribution is -2.74. The van der Waals surface area contributed by atoms with Gasteiger partial charge in [0.15, 0.2) is 0 Å². The van der Waals surface area contributed by atoms with E-state index in [1.807, 2.05) is 0 Å². The van der Waals surface area contributed by atoms with Gasteiger partial charge in [0.2, 0.25) is 0 Å². The first-order valence-electron chi connectivity index (χ1n) is 14.4. The van der Waals surface area contributed by atoms with Crippen LogP contribution in [0, 0.1) is 0 Å². The second-order valence-electron chi connectivity index (χ2n) is 12.3. The molecule has 1 atom stereocenters. The van der Waals surface area contributed by atoms with Crippen LogP contribution in [0.1, 0.15) is 19.3 Å². The average molecular weight is 1030 g/mol. The fourth-order valence-corrected chi connectivity index (χ4v) is 4.24. The van der Waals surface area contributed by atoms with Crippen LogP contribution in [0.4, 0.5) is 149 Å². The lowest BCUT2D eigenvalue weighted by molar-refractivity contribution is -0.462. The number of carboxylic acid groups (broad SMARTS) is 2. The smallest absolute Gasteiger partial charge is 0.460 e. The van der Waals surface area contributed by atoms with E-state index in [-0.39, 0.29) is 0 Å². The molecule has 0 saturated heterocycles. The zero-order valence-electron chi connectivity index (χ0n) is 28.1. The van der Waals surface area contributed by atoms with E-state index in [0.717, 1.165) is 0 Å². The molecule has 376 valence electrons. The SMILES string of the molecule is O=C(O)C[C@@H](C(=O)O)N(CCC(F)(F)C(F)(F)C(F)(F)C(F)(F)C(F)(F)C(F)(F)C(F)(F)C(F)(F)F)CCC(F)(F)C(F)(F)C(F)(F)C(F)(F)C(F)(F)C(F)(F)C(F)(F)C(F)(F)F. The lowest BCUT2D eigenvalue weighted by atomic mass is 9.88. The van der Waals surface area contributed by atoms with Crippen LogP contribution in [0.3, 0.4) is 0 Å².